The third-order valence-electron chi connectivity index (χ3n) is 5.39. The van der Waals surface area contributed by atoms with Crippen molar-refractivity contribution in [2.45, 2.75) is 39.7 Å². The molecule has 0 spiro atoms. The van der Waals surface area contributed by atoms with Gasteiger partial charge in [0.25, 0.3) is 17.7 Å². The van der Waals surface area contributed by atoms with Crippen LogP contribution in [0.15, 0.2) is 28.7 Å². The third-order valence-corrected chi connectivity index (χ3v) is 5.39. The molecule has 2 heterocycles. The van der Waals surface area contributed by atoms with Crippen LogP contribution in [-0.2, 0) is 6.42 Å². The summed E-state index contributed by atoms with van der Waals surface area (Å²) in [5.41, 5.74) is 2.02. The molecule has 3 amide bonds. The fourth-order valence-electron chi connectivity index (χ4n) is 4.06. The van der Waals surface area contributed by atoms with Gasteiger partial charge in [0, 0.05) is 24.6 Å². The van der Waals surface area contributed by atoms with Crippen LogP contribution in [0.25, 0.3) is 0 Å². The van der Waals surface area contributed by atoms with Gasteiger partial charge in [0.15, 0.2) is 0 Å². The molecule has 6 heteroatoms. The van der Waals surface area contributed by atoms with Crippen molar-refractivity contribution in [3.63, 3.8) is 0 Å². The quantitative estimate of drug-likeness (QED) is 0.828. The summed E-state index contributed by atoms with van der Waals surface area (Å²) in [6.07, 6.45) is 1.64. The topological polar surface area (TPSA) is 79.6 Å². The molecule has 1 aliphatic heterocycles. The molecule has 2 aliphatic rings. The van der Waals surface area contributed by atoms with Crippen molar-refractivity contribution < 1.29 is 18.8 Å². The van der Waals surface area contributed by atoms with Gasteiger partial charge in [0.2, 0.25) is 0 Å². The number of carbonyl (C=O) groups excluding carboxylic acids is 3. The Morgan fingerprint density at radius 1 is 1.19 bits per heavy atom. The normalized spacial score (nSPS) is 20.4. The van der Waals surface area contributed by atoms with Crippen molar-refractivity contribution >= 4 is 17.7 Å². The van der Waals surface area contributed by atoms with Crippen molar-refractivity contribution in [2.75, 3.05) is 7.05 Å². The number of nitrogens with zero attached hydrogens (tertiary/aromatic N) is 1. The lowest BCUT2D eigenvalue weighted by Crippen LogP contribution is -2.36. The Morgan fingerprint density at radius 3 is 2.63 bits per heavy atom. The van der Waals surface area contributed by atoms with Crippen LogP contribution in [0, 0.1) is 12.3 Å². The number of imide groups is 1. The molecular weight excluding hydrogens is 344 g/mol. The van der Waals surface area contributed by atoms with E-state index in [2.05, 4.69) is 19.2 Å². The zero-order valence-corrected chi connectivity index (χ0v) is 15.9. The van der Waals surface area contributed by atoms with Gasteiger partial charge in [0.1, 0.15) is 11.5 Å². The number of aryl methyl sites for hydroxylation is 1. The van der Waals surface area contributed by atoms with Gasteiger partial charge in [-0.2, -0.15) is 0 Å². The van der Waals surface area contributed by atoms with Crippen LogP contribution in [0.5, 0.6) is 0 Å². The van der Waals surface area contributed by atoms with Crippen LogP contribution in [-0.4, -0.2) is 29.7 Å². The van der Waals surface area contributed by atoms with Crippen LogP contribution in [0.1, 0.15) is 74.5 Å². The molecule has 0 saturated carbocycles. The standard InChI is InChI=1S/C21H22N2O4/c1-11-7-15-16(9-21(2,3)10-17(15)27-11)22-18(24)12-5-6-13-14(8-12)20(26)23(4)19(13)25/h5-8,16H,9-10H2,1-4H3,(H,22,24)/t16-/m0/s1. The molecule has 0 bridgehead atoms. The predicted molar refractivity (Wildman–Crippen MR) is 98.6 cm³/mol. The van der Waals surface area contributed by atoms with Crippen molar-refractivity contribution in [1.29, 1.82) is 0 Å². The first kappa shape index (κ1) is 17.5. The summed E-state index contributed by atoms with van der Waals surface area (Å²) in [7, 11) is 1.44. The van der Waals surface area contributed by atoms with E-state index in [0.717, 1.165) is 34.8 Å². The van der Waals surface area contributed by atoms with Gasteiger partial charge < -0.3 is 9.73 Å². The second kappa shape index (κ2) is 5.81. The number of rotatable bonds is 2. The lowest BCUT2D eigenvalue weighted by atomic mass is 9.74. The fourth-order valence-corrected chi connectivity index (χ4v) is 4.06. The molecule has 2 aromatic rings. The monoisotopic (exact) mass is 366 g/mol. The first-order valence-corrected chi connectivity index (χ1v) is 9.03. The number of carbonyl (C=O) groups is 3. The number of nitrogens with one attached hydrogen (secondary N) is 1. The lowest BCUT2D eigenvalue weighted by Gasteiger charge is -2.34. The lowest BCUT2D eigenvalue weighted by molar-refractivity contribution is 0.0692. The Bertz CT molecular complexity index is 986. The average Bonchev–Trinajstić information content (AvgIpc) is 3.06. The Labute approximate surface area is 157 Å². The number of benzene rings is 1. The molecule has 1 aromatic carbocycles. The zero-order chi connectivity index (χ0) is 19.5. The number of hydrogen-bond acceptors (Lipinski definition) is 4. The van der Waals surface area contributed by atoms with Gasteiger partial charge >= 0.3 is 0 Å². The molecule has 1 N–H and O–H groups in total. The highest BCUT2D eigenvalue weighted by Gasteiger charge is 2.37. The molecule has 0 saturated heterocycles. The zero-order valence-electron chi connectivity index (χ0n) is 15.9. The second-order valence-electron chi connectivity index (χ2n) is 8.24. The highest BCUT2D eigenvalue weighted by Crippen LogP contribution is 2.42. The molecule has 0 unspecified atom stereocenters. The maximum atomic E-state index is 12.9. The average molecular weight is 366 g/mol. The van der Waals surface area contributed by atoms with E-state index in [1.165, 1.54) is 13.1 Å². The molecule has 1 aliphatic carbocycles. The van der Waals surface area contributed by atoms with E-state index < -0.39 is 0 Å². The van der Waals surface area contributed by atoms with E-state index in [9.17, 15) is 14.4 Å². The van der Waals surface area contributed by atoms with E-state index in [0.29, 0.717) is 11.1 Å². The number of furan rings is 1. The van der Waals surface area contributed by atoms with Crippen molar-refractivity contribution in [2.24, 2.45) is 5.41 Å². The smallest absolute Gasteiger partial charge is 0.261 e. The number of fused-ring (bicyclic) bond motifs is 2. The summed E-state index contributed by atoms with van der Waals surface area (Å²) < 4.78 is 5.82. The van der Waals surface area contributed by atoms with Crippen LogP contribution in [0.2, 0.25) is 0 Å². The van der Waals surface area contributed by atoms with Crippen LogP contribution >= 0.6 is 0 Å². The second-order valence-corrected chi connectivity index (χ2v) is 8.24. The summed E-state index contributed by atoms with van der Waals surface area (Å²) in [6, 6.07) is 6.47. The SMILES string of the molecule is Cc1cc2c(o1)CC(C)(C)C[C@@H]2NC(=O)c1ccc2c(c1)C(=O)N(C)C2=O. The molecular formula is C21H22N2O4. The minimum atomic E-state index is -0.379. The molecule has 27 heavy (non-hydrogen) atoms. The van der Waals surface area contributed by atoms with Gasteiger partial charge in [-0.3, -0.25) is 19.3 Å². The predicted octanol–water partition coefficient (Wildman–Crippen LogP) is 3.26. The first-order valence-electron chi connectivity index (χ1n) is 9.03. The molecule has 1 aromatic heterocycles. The summed E-state index contributed by atoms with van der Waals surface area (Å²) in [5.74, 6) is 0.776. The molecule has 4 rings (SSSR count). The van der Waals surface area contributed by atoms with E-state index in [-0.39, 0.29) is 34.7 Å². The van der Waals surface area contributed by atoms with Crippen molar-refractivity contribution in [3.8, 4) is 0 Å². The number of amides is 3. The summed E-state index contributed by atoms with van der Waals surface area (Å²) in [5, 5.41) is 3.08. The number of hydrogen-bond donors (Lipinski definition) is 1. The van der Waals surface area contributed by atoms with E-state index in [4.69, 9.17) is 4.42 Å². The fraction of sp³-hybridized carbons (Fsp3) is 0.381. The van der Waals surface area contributed by atoms with Gasteiger partial charge in [-0.25, -0.2) is 0 Å². The Kier molecular flexibility index (Phi) is 3.77. The third kappa shape index (κ3) is 2.85. The van der Waals surface area contributed by atoms with Gasteiger partial charge in [-0.05, 0) is 43.0 Å². The first-order chi connectivity index (χ1) is 12.7. The van der Waals surface area contributed by atoms with Gasteiger partial charge in [0.05, 0.1) is 17.2 Å². The summed E-state index contributed by atoms with van der Waals surface area (Å²) in [4.78, 5) is 38.1. The largest absolute Gasteiger partial charge is 0.466 e. The Morgan fingerprint density at radius 2 is 1.89 bits per heavy atom. The molecule has 6 nitrogen and oxygen atoms in total. The maximum Gasteiger partial charge on any atom is 0.261 e. The van der Waals surface area contributed by atoms with Gasteiger partial charge in [-0.15, -0.1) is 0 Å². The van der Waals surface area contributed by atoms with Crippen LogP contribution < -0.4 is 5.32 Å². The van der Waals surface area contributed by atoms with Crippen LogP contribution in [0.4, 0.5) is 0 Å². The van der Waals surface area contributed by atoms with E-state index >= 15 is 0 Å². The highest BCUT2D eigenvalue weighted by molar-refractivity contribution is 6.21. The Hall–Kier alpha value is -2.89. The van der Waals surface area contributed by atoms with Crippen molar-refractivity contribution in [1.82, 2.24) is 10.2 Å². The molecule has 140 valence electrons. The van der Waals surface area contributed by atoms with Crippen LogP contribution in [0.3, 0.4) is 0 Å². The minimum Gasteiger partial charge on any atom is -0.466 e. The summed E-state index contributed by atoms with van der Waals surface area (Å²) >= 11 is 0. The van der Waals surface area contributed by atoms with E-state index in [1.807, 2.05) is 13.0 Å². The molecule has 0 fully saturated rings. The molecule has 1 atom stereocenters. The molecule has 0 radical (unpaired) electrons. The maximum absolute atomic E-state index is 12.9. The van der Waals surface area contributed by atoms with Gasteiger partial charge in [-0.1, -0.05) is 13.8 Å². The van der Waals surface area contributed by atoms with E-state index in [1.54, 1.807) is 12.1 Å². The minimum absolute atomic E-state index is 0.0122. The highest BCUT2D eigenvalue weighted by atomic mass is 16.3. The van der Waals surface area contributed by atoms with Crippen molar-refractivity contribution in [3.05, 3.63) is 58.0 Å². The Balaban J connectivity index is 1.62. The summed E-state index contributed by atoms with van der Waals surface area (Å²) in [6.45, 7) is 6.22.